The molecule has 1 heterocycles. The Morgan fingerprint density at radius 2 is 1.94 bits per heavy atom. The maximum atomic E-state index is 13.1. The highest BCUT2D eigenvalue weighted by molar-refractivity contribution is 6.04. The summed E-state index contributed by atoms with van der Waals surface area (Å²) < 4.78 is 0. The van der Waals surface area contributed by atoms with E-state index in [4.69, 9.17) is 0 Å². The van der Waals surface area contributed by atoms with Gasteiger partial charge in [-0.1, -0.05) is 36.4 Å². The lowest BCUT2D eigenvalue weighted by Crippen LogP contribution is -2.50. The molecule has 3 aromatic rings. The predicted octanol–water partition coefficient (Wildman–Crippen LogP) is 4.98. The number of anilines is 1. The van der Waals surface area contributed by atoms with Gasteiger partial charge in [-0.3, -0.25) is 9.78 Å². The van der Waals surface area contributed by atoms with Gasteiger partial charge in [0.15, 0.2) is 0 Å². The van der Waals surface area contributed by atoms with Crippen LogP contribution in [0.3, 0.4) is 0 Å². The first-order chi connectivity index (χ1) is 16.9. The van der Waals surface area contributed by atoms with Gasteiger partial charge in [0.2, 0.25) is 0 Å². The smallest absolute Gasteiger partial charge is 0.255 e. The minimum absolute atomic E-state index is 0.121. The molecule has 1 aromatic heterocycles. The minimum Gasteiger partial charge on any atom is -0.393 e. The van der Waals surface area contributed by atoms with E-state index in [0.29, 0.717) is 18.4 Å². The molecule has 2 aromatic carbocycles. The third-order valence-corrected chi connectivity index (χ3v) is 8.26. The number of aromatic nitrogens is 1. The SMILES string of the molecule is Cc1ncccc1NC(=O)c1ccc2c(c1)CCC[C@H]1C[C@@](O)(CO)CC[C@@]21Cc1ccccc1. The molecule has 3 atom stereocenters. The number of carbonyl (C=O) groups is 1. The average molecular weight is 471 g/mol. The molecule has 0 spiro atoms. The van der Waals surface area contributed by atoms with Crippen molar-refractivity contribution in [3.8, 4) is 0 Å². The number of aliphatic hydroxyl groups is 2. The zero-order valence-electron chi connectivity index (χ0n) is 20.3. The van der Waals surface area contributed by atoms with Gasteiger partial charge in [0, 0.05) is 17.2 Å². The number of aliphatic hydroxyl groups excluding tert-OH is 1. The molecule has 0 aliphatic heterocycles. The van der Waals surface area contributed by atoms with Crippen molar-refractivity contribution in [3.05, 3.63) is 94.8 Å². The Balaban J connectivity index is 1.52. The summed E-state index contributed by atoms with van der Waals surface area (Å²) in [6, 6.07) is 20.4. The van der Waals surface area contributed by atoms with Crippen LogP contribution in [0.25, 0.3) is 0 Å². The van der Waals surface area contributed by atoms with E-state index in [1.165, 1.54) is 16.7 Å². The predicted molar refractivity (Wildman–Crippen MR) is 138 cm³/mol. The Morgan fingerprint density at radius 1 is 1.11 bits per heavy atom. The first-order valence-corrected chi connectivity index (χ1v) is 12.7. The van der Waals surface area contributed by atoms with E-state index in [-0.39, 0.29) is 23.8 Å². The van der Waals surface area contributed by atoms with E-state index in [2.05, 4.69) is 46.7 Å². The van der Waals surface area contributed by atoms with Gasteiger partial charge in [-0.2, -0.15) is 0 Å². The number of pyridine rings is 1. The van der Waals surface area contributed by atoms with Crippen molar-refractivity contribution in [3.63, 3.8) is 0 Å². The molecular weight excluding hydrogens is 436 g/mol. The van der Waals surface area contributed by atoms with Crippen LogP contribution >= 0.6 is 0 Å². The zero-order chi connectivity index (χ0) is 24.5. The summed E-state index contributed by atoms with van der Waals surface area (Å²) in [6.07, 6.45) is 7.53. The fraction of sp³-hybridized carbons (Fsp3) is 0.400. The van der Waals surface area contributed by atoms with Crippen LogP contribution in [0.1, 0.15) is 64.8 Å². The second-order valence-corrected chi connectivity index (χ2v) is 10.5. The lowest BCUT2D eigenvalue weighted by atomic mass is 9.56. The van der Waals surface area contributed by atoms with Gasteiger partial charge in [-0.05, 0) is 98.7 Å². The summed E-state index contributed by atoms with van der Waals surface area (Å²) >= 11 is 0. The van der Waals surface area contributed by atoms with E-state index in [0.717, 1.165) is 43.5 Å². The highest BCUT2D eigenvalue weighted by Gasteiger charge is 2.50. The van der Waals surface area contributed by atoms with Crippen molar-refractivity contribution in [1.82, 2.24) is 4.98 Å². The standard InChI is InChI=1S/C30H34N2O3/c1-21-27(11-6-16-31-21)32-28(34)24-12-13-26-23(17-24)9-5-10-25-19-29(35,20-33)14-15-30(25,26)18-22-7-3-2-4-8-22/h2-4,6-8,11-13,16-17,25,33,35H,5,9-10,14-15,18-20H2,1H3,(H,32,34)/t25-,29+,30-/m0/s1. The van der Waals surface area contributed by atoms with Crippen LogP contribution in [0.4, 0.5) is 5.69 Å². The van der Waals surface area contributed by atoms with E-state index in [9.17, 15) is 15.0 Å². The Bertz CT molecular complexity index is 1210. The lowest BCUT2D eigenvalue weighted by Gasteiger charge is -2.50. The fourth-order valence-corrected chi connectivity index (χ4v) is 6.36. The number of rotatable bonds is 5. The van der Waals surface area contributed by atoms with Crippen molar-refractivity contribution in [1.29, 1.82) is 0 Å². The molecule has 182 valence electrons. The van der Waals surface area contributed by atoms with E-state index >= 15 is 0 Å². The molecule has 5 nitrogen and oxygen atoms in total. The van der Waals surface area contributed by atoms with E-state index in [1.807, 2.05) is 31.2 Å². The molecule has 1 amide bonds. The molecule has 0 bridgehead atoms. The minimum atomic E-state index is -1.00. The maximum absolute atomic E-state index is 13.1. The number of nitrogens with zero attached hydrogens (tertiary/aromatic N) is 1. The Hall–Kier alpha value is -3.02. The quantitative estimate of drug-likeness (QED) is 0.491. The van der Waals surface area contributed by atoms with Crippen LogP contribution in [-0.4, -0.2) is 33.3 Å². The molecule has 2 aliphatic rings. The van der Waals surface area contributed by atoms with Gasteiger partial charge >= 0.3 is 0 Å². The van der Waals surface area contributed by atoms with Gasteiger partial charge in [0.1, 0.15) is 0 Å². The summed E-state index contributed by atoms with van der Waals surface area (Å²) in [5.74, 6) is 0.146. The number of aryl methyl sites for hydroxylation is 2. The van der Waals surface area contributed by atoms with Crippen molar-refractivity contribution < 1.29 is 15.0 Å². The van der Waals surface area contributed by atoms with Crippen molar-refractivity contribution in [2.45, 2.75) is 62.9 Å². The summed E-state index contributed by atoms with van der Waals surface area (Å²) in [5, 5.41) is 23.9. The van der Waals surface area contributed by atoms with Crippen LogP contribution < -0.4 is 5.32 Å². The molecule has 5 heteroatoms. The number of fused-ring (bicyclic) bond motifs is 3. The normalized spacial score (nSPS) is 25.7. The van der Waals surface area contributed by atoms with Gasteiger partial charge < -0.3 is 15.5 Å². The highest BCUT2D eigenvalue weighted by atomic mass is 16.3. The summed E-state index contributed by atoms with van der Waals surface area (Å²) in [6.45, 7) is 1.70. The number of benzene rings is 2. The molecule has 0 unspecified atom stereocenters. The second kappa shape index (κ2) is 9.56. The molecule has 1 saturated carbocycles. The number of carbonyl (C=O) groups excluding carboxylic acids is 1. The van der Waals surface area contributed by atoms with Gasteiger partial charge in [0.25, 0.3) is 5.91 Å². The fourth-order valence-electron chi connectivity index (χ4n) is 6.36. The first-order valence-electron chi connectivity index (χ1n) is 12.7. The monoisotopic (exact) mass is 470 g/mol. The Kier molecular flexibility index (Phi) is 6.47. The van der Waals surface area contributed by atoms with Crippen LogP contribution in [0.2, 0.25) is 0 Å². The van der Waals surface area contributed by atoms with Gasteiger partial charge in [0.05, 0.1) is 23.6 Å². The summed E-state index contributed by atoms with van der Waals surface area (Å²) in [5.41, 5.74) is 4.87. The Labute approximate surface area is 207 Å². The average Bonchev–Trinajstić information content (AvgIpc) is 3.02. The second-order valence-electron chi connectivity index (χ2n) is 10.5. The van der Waals surface area contributed by atoms with Crippen molar-refractivity contribution in [2.75, 3.05) is 11.9 Å². The molecule has 2 aliphatic carbocycles. The lowest BCUT2D eigenvalue weighted by molar-refractivity contribution is -0.0802. The largest absolute Gasteiger partial charge is 0.393 e. The van der Waals surface area contributed by atoms with Crippen LogP contribution in [0.15, 0.2) is 66.9 Å². The molecular formula is C30H34N2O3. The summed E-state index contributed by atoms with van der Waals surface area (Å²) in [7, 11) is 0. The number of hydrogen-bond donors (Lipinski definition) is 3. The van der Waals surface area contributed by atoms with E-state index < -0.39 is 5.60 Å². The molecule has 35 heavy (non-hydrogen) atoms. The molecule has 1 fully saturated rings. The topological polar surface area (TPSA) is 82.5 Å². The van der Waals surface area contributed by atoms with Crippen molar-refractivity contribution >= 4 is 11.6 Å². The van der Waals surface area contributed by atoms with Crippen LogP contribution in [0.5, 0.6) is 0 Å². The molecule has 5 rings (SSSR count). The number of hydrogen-bond acceptors (Lipinski definition) is 4. The third kappa shape index (κ3) is 4.63. The van der Waals surface area contributed by atoms with Crippen molar-refractivity contribution in [2.24, 2.45) is 5.92 Å². The number of amides is 1. The first kappa shape index (κ1) is 23.7. The Morgan fingerprint density at radius 3 is 2.71 bits per heavy atom. The van der Waals surface area contributed by atoms with Crippen LogP contribution in [-0.2, 0) is 18.3 Å². The third-order valence-electron chi connectivity index (χ3n) is 8.26. The summed E-state index contributed by atoms with van der Waals surface area (Å²) in [4.78, 5) is 17.4. The molecule has 0 saturated heterocycles. The highest BCUT2D eigenvalue weighted by Crippen LogP contribution is 2.53. The van der Waals surface area contributed by atoms with Crippen LogP contribution in [0, 0.1) is 12.8 Å². The zero-order valence-corrected chi connectivity index (χ0v) is 20.3. The maximum Gasteiger partial charge on any atom is 0.255 e. The molecule has 3 N–H and O–H groups in total. The van der Waals surface area contributed by atoms with Gasteiger partial charge in [-0.15, -0.1) is 0 Å². The van der Waals surface area contributed by atoms with E-state index in [1.54, 1.807) is 6.20 Å². The molecule has 0 radical (unpaired) electrons. The van der Waals surface area contributed by atoms with Gasteiger partial charge in [-0.25, -0.2) is 0 Å². The number of nitrogens with one attached hydrogen (secondary N) is 1.